The predicted molar refractivity (Wildman–Crippen MR) is 63.8 cm³/mol. The van der Waals surface area contributed by atoms with E-state index >= 15 is 0 Å². The Morgan fingerprint density at radius 1 is 0.929 bits per heavy atom. The van der Waals surface area contributed by atoms with Crippen LogP contribution in [-0.2, 0) is 0 Å². The Bertz CT molecular complexity index is 115. The number of hydrogen-bond donors (Lipinski definition) is 1. The molecule has 0 aromatic heterocycles. The van der Waals surface area contributed by atoms with Gasteiger partial charge < -0.3 is 15.1 Å². The number of likely N-dealkylation sites (N-methyl/N-ethyl adjacent to an activating group) is 1. The summed E-state index contributed by atoms with van der Waals surface area (Å²) in [5.41, 5.74) is 0. The second-order valence-corrected chi connectivity index (χ2v) is 4.21. The number of hydrogen-bond acceptors (Lipinski definition) is 3. The van der Waals surface area contributed by atoms with Crippen LogP contribution in [0, 0.1) is 0 Å². The highest BCUT2D eigenvalue weighted by molar-refractivity contribution is 4.56. The Hall–Kier alpha value is -0.120. The maximum absolute atomic E-state index is 3.41. The average molecular weight is 201 g/mol. The molecule has 0 saturated heterocycles. The van der Waals surface area contributed by atoms with E-state index in [9.17, 15) is 0 Å². The highest BCUT2D eigenvalue weighted by atomic mass is 15.1. The van der Waals surface area contributed by atoms with Crippen molar-refractivity contribution in [3.05, 3.63) is 0 Å². The zero-order valence-electron chi connectivity index (χ0n) is 10.3. The SMILES string of the molecule is CCCNCCN(C)CCCN(C)C. The summed E-state index contributed by atoms with van der Waals surface area (Å²) < 4.78 is 0. The number of nitrogens with one attached hydrogen (secondary N) is 1. The Morgan fingerprint density at radius 2 is 1.64 bits per heavy atom. The third-order valence-corrected chi connectivity index (χ3v) is 2.24. The van der Waals surface area contributed by atoms with Crippen LogP contribution >= 0.6 is 0 Å². The monoisotopic (exact) mass is 201 g/mol. The Morgan fingerprint density at radius 3 is 2.21 bits per heavy atom. The van der Waals surface area contributed by atoms with Gasteiger partial charge in [-0.3, -0.25) is 0 Å². The van der Waals surface area contributed by atoms with Gasteiger partial charge in [0.15, 0.2) is 0 Å². The normalized spacial score (nSPS) is 11.6. The summed E-state index contributed by atoms with van der Waals surface area (Å²) >= 11 is 0. The van der Waals surface area contributed by atoms with E-state index in [0.29, 0.717) is 0 Å². The van der Waals surface area contributed by atoms with Gasteiger partial charge in [0.1, 0.15) is 0 Å². The molecule has 0 fully saturated rings. The first kappa shape index (κ1) is 13.9. The molecule has 0 unspecified atom stereocenters. The Balaban J connectivity index is 3.15. The van der Waals surface area contributed by atoms with Crippen molar-refractivity contribution in [2.75, 3.05) is 53.9 Å². The van der Waals surface area contributed by atoms with E-state index < -0.39 is 0 Å². The number of rotatable bonds is 9. The van der Waals surface area contributed by atoms with Gasteiger partial charge >= 0.3 is 0 Å². The molecule has 0 aliphatic heterocycles. The van der Waals surface area contributed by atoms with Gasteiger partial charge in [0.05, 0.1) is 0 Å². The maximum Gasteiger partial charge on any atom is 0.0104 e. The molecule has 0 amide bonds. The molecule has 0 aromatic carbocycles. The van der Waals surface area contributed by atoms with E-state index in [-0.39, 0.29) is 0 Å². The van der Waals surface area contributed by atoms with Crippen LogP contribution in [0.1, 0.15) is 19.8 Å². The molecule has 1 N–H and O–H groups in total. The zero-order valence-corrected chi connectivity index (χ0v) is 10.3. The van der Waals surface area contributed by atoms with Crippen LogP contribution in [0.15, 0.2) is 0 Å². The van der Waals surface area contributed by atoms with Gasteiger partial charge in [0.25, 0.3) is 0 Å². The van der Waals surface area contributed by atoms with Crippen LogP contribution in [0.25, 0.3) is 0 Å². The van der Waals surface area contributed by atoms with Gasteiger partial charge in [-0.25, -0.2) is 0 Å². The molecule has 3 heteroatoms. The summed E-state index contributed by atoms with van der Waals surface area (Å²) in [6.07, 6.45) is 2.49. The van der Waals surface area contributed by atoms with Crippen molar-refractivity contribution < 1.29 is 0 Å². The Labute approximate surface area is 89.5 Å². The minimum absolute atomic E-state index is 1.12. The molecule has 0 spiro atoms. The fourth-order valence-electron chi connectivity index (χ4n) is 1.34. The largest absolute Gasteiger partial charge is 0.315 e. The van der Waals surface area contributed by atoms with Crippen molar-refractivity contribution in [2.45, 2.75) is 19.8 Å². The van der Waals surface area contributed by atoms with Crippen LogP contribution < -0.4 is 5.32 Å². The molecule has 0 rings (SSSR count). The molecule has 0 heterocycles. The summed E-state index contributed by atoms with van der Waals surface area (Å²) in [5, 5.41) is 3.41. The fraction of sp³-hybridized carbons (Fsp3) is 1.00. The van der Waals surface area contributed by atoms with E-state index in [1.165, 1.54) is 25.9 Å². The van der Waals surface area contributed by atoms with Crippen molar-refractivity contribution in [3.8, 4) is 0 Å². The molecular formula is C11H27N3. The van der Waals surface area contributed by atoms with Gasteiger partial charge in [-0.1, -0.05) is 6.92 Å². The van der Waals surface area contributed by atoms with Gasteiger partial charge in [-0.05, 0) is 53.6 Å². The van der Waals surface area contributed by atoms with Crippen molar-refractivity contribution in [3.63, 3.8) is 0 Å². The summed E-state index contributed by atoms with van der Waals surface area (Å²) in [4.78, 5) is 4.63. The third-order valence-electron chi connectivity index (χ3n) is 2.24. The van der Waals surface area contributed by atoms with Crippen molar-refractivity contribution >= 4 is 0 Å². The first-order chi connectivity index (χ1) is 6.66. The van der Waals surface area contributed by atoms with Crippen molar-refractivity contribution in [1.82, 2.24) is 15.1 Å². The molecule has 86 valence electrons. The fourth-order valence-corrected chi connectivity index (χ4v) is 1.34. The van der Waals surface area contributed by atoms with Crippen LogP contribution in [-0.4, -0.2) is 63.7 Å². The molecule has 0 aromatic rings. The minimum atomic E-state index is 1.12. The molecular weight excluding hydrogens is 174 g/mol. The van der Waals surface area contributed by atoms with E-state index in [0.717, 1.165) is 19.6 Å². The van der Waals surface area contributed by atoms with E-state index in [4.69, 9.17) is 0 Å². The highest BCUT2D eigenvalue weighted by Gasteiger charge is 1.97. The van der Waals surface area contributed by atoms with Crippen molar-refractivity contribution in [1.29, 1.82) is 0 Å². The molecule has 0 atom stereocenters. The quantitative estimate of drug-likeness (QED) is 0.559. The third kappa shape index (κ3) is 9.96. The van der Waals surface area contributed by atoms with E-state index in [1.807, 2.05) is 0 Å². The Kier molecular flexibility index (Phi) is 9.35. The molecule has 0 aliphatic carbocycles. The van der Waals surface area contributed by atoms with E-state index in [1.54, 1.807) is 0 Å². The average Bonchev–Trinajstić information content (AvgIpc) is 2.12. The summed E-state index contributed by atoms with van der Waals surface area (Å²) in [5.74, 6) is 0. The molecule has 14 heavy (non-hydrogen) atoms. The van der Waals surface area contributed by atoms with Crippen LogP contribution in [0.5, 0.6) is 0 Å². The lowest BCUT2D eigenvalue weighted by Crippen LogP contribution is -2.31. The standard InChI is InChI=1S/C11H27N3/c1-5-7-12-8-11-14(4)10-6-9-13(2)3/h12H,5-11H2,1-4H3. The second kappa shape index (κ2) is 9.44. The van der Waals surface area contributed by atoms with Crippen LogP contribution in [0.3, 0.4) is 0 Å². The maximum atomic E-state index is 3.41. The lowest BCUT2D eigenvalue weighted by molar-refractivity contribution is 0.299. The van der Waals surface area contributed by atoms with Gasteiger partial charge in [0, 0.05) is 13.1 Å². The summed E-state index contributed by atoms with van der Waals surface area (Å²) in [7, 11) is 6.45. The van der Waals surface area contributed by atoms with Crippen LogP contribution in [0.4, 0.5) is 0 Å². The zero-order chi connectivity index (χ0) is 10.8. The first-order valence-electron chi connectivity index (χ1n) is 5.70. The lowest BCUT2D eigenvalue weighted by atomic mass is 10.3. The summed E-state index contributed by atoms with van der Waals surface area (Å²) in [6, 6.07) is 0. The molecule has 0 aliphatic rings. The van der Waals surface area contributed by atoms with Crippen molar-refractivity contribution in [2.24, 2.45) is 0 Å². The highest BCUT2D eigenvalue weighted by Crippen LogP contribution is 1.88. The van der Waals surface area contributed by atoms with Gasteiger partial charge in [-0.15, -0.1) is 0 Å². The predicted octanol–water partition coefficient (Wildman–Crippen LogP) is 0.870. The lowest BCUT2D eigenvalue weighted by Gasteiger charge is -2.18. The van der Waals surface area contributed by atoms with Crippen LogP contribution in [0.2, 0.25) is 0 Å². The smallest absolute Gasteiger partial charge is 0.0104 e. The molecule has 0 saturated carbocycles. The van der Waals surface area contributed by atoms with E-state index in [2.05, 4.69) is 43.2 Å². The first-order valence-corrected chi connectivity index (χ1v) is 5.70. The molecule has 3 nitrogen and oxygen atoms in total. The second-order valence-electron chi connectivity index (χ2n) is 4.21. The molecule has 0 bridgehead atoms. The minimum Gasteiger partial charge on any atom is -0.315 e. The van der Waals surface area contributed by atoms with Gasteiger partial charge in [-0.2, -0.15) is 0 Å². The summed E-state index contributed by atoms with van der Waals surface area (Å²) in [6.45, 7) is 8.01. The topological polar surface area (TPSA) is 18.5 Å². The van der Waals surface area contributed by atoms with Gasteiger partial charge in [0.2, 0.25) is 0 Å². The molecule has 0 radical (unpaired) electrons. The number of nitrogens with zero attached hydrogens (tertiary/aromatic N) is 2.